The maximum Gasteiger partial charge on any atom is 0.225 e. The molecule has 2 N–H and O–H groups in total. The number of carbonyl (C=O) groups excluding carboxylic acids is 1. The predicted molar refractivity (Wildman–Crippen MR) is 73.2 cm³/mol. The molecule has 0 aromatic heterocycles. The first-order chi connectivity index (χ1) is 8.59. The lowest BCUT2D eigenvalue weighted by molar-refractivity contribution is -0.132. The van der Waals surface area contributed by atoms with E-state index in [0.29, 0.717) is 19.1 Å². The van der Waals surface area contributed by atoms with Gasteiger partial charge >= 0.3 is 0 Å². The van der Waals surface area contributed by atoms with Crippen molar-refractivity contribution in [3.05, 3.63) is 12.8 Å². The first-order valence-electron chi connectivity index (χ1n) is 6.80. The third-order valence-electron chi connectivity index (χ3n) is 3.75. The largest absolute Gasteiger partial charge is 0.502 e. The molecule has 1 heterocycles. The summed E-state index contributed by atoms with van der Waals surface area (Å²) >= 11 is 0. The molecule has 0 spiro atoms. The Morgan fingerprint density at radius 2 is 2.39 bits per heavy atom. The molecule has 0 saturated carbocycles. The minimum atomic E-state index is -0.299. The number of rotatable bonds is 7. The van der Waals surface area contributed by atoms with Gasteiger partial charge in [0.25, 0.3) is 0 Å². The summed E-state index contributed by atoms with van der Waals surface area (Å²) in [6, 6.07) is 0. The second kappa shape index (κ2) is 7.41. The number of piperidine rings is 1. The number of hydrogen-bond donors (Lipinski definition) is 2. The second-order valence-corrected chi connectivity index (χ2v) is 5.41. The minimum Gasteiger partial charge on any atom is -0.502 e. The molecule has 1 fully saturated rings. The van der Waals surface area contributed by atoms with E-state index in [9.17, 15) is 4.79 Å². The zero-order valence-electron chi connectivity index (χ0n) is 11.6. The Bertz CT molecular complexity index is 271. The molecule has 104 valence electrons. The number of carbonyl (C=O) groups is 1. The maximum absolute atomic E-state index is 12.2. The van der Waals surface area contributed by atoms with Crippen LogP contribution in [-0.4, -0.2) is 32.1 Å². The molecule has 1 saturated heterocycles. The topological polar surface area (TPSA) is 50.4 Å². The van der Waals surface area contributed by atoms with Crippen LogP contribution in [0, 0.1) is 11.3 Å². The predicted octanol–water partition coefficient (Wildman–Crippen LogP) is 1.68. The Balaban J connectivity index is 2.31. The number of amides is 1. The van der Waals surface area contributed by atoms with Crippen LogP contribution in [0.4, 0.5) is 0 Å². The summed E-state index contributed by atoms with van der Waals surface area (Å²) in [5, 5.41) is 6.37. The van der Waals surface area contributed by atoms with Crippen LogP contribution >= 0.6 is 0 Å². The Labute approximate surface area is 110 Å². The van der Waals surface area contributed by atoms with E-state index in [1.54, 1.807) is 0 Å². The number of nitrogens with one attached hydrogen (secondary N) is 2. The highest BCUT2D eigenvalue weighted by Gasteiger charge is 2.36. The van der Waals surface area contributed by atoms with Crippen molar-refractivity contribution < 1.29 is 9.53 Å². The van der Waals surface area contributed by atoms with Gasteiger partial charge in [-0.15, -0.1) is 0 Å². The molecule has 1 amide bonds. The Hall–Kier alpha value is -1.03. The van der Waals surface area contributed by atoms with Crippen LogP contribution in [0.3, 0.4) is 0 Å². The fourth-order valence-corrected chi connectivity index (χ4v) is 2.32. The SMILES string of the molecule is C=COCCCNC(=O)C(C)(C)C1CCCNC1. The van der Waals surface area contributed by atoms with E-state index in [2.05, 4.69) is 17.2 Å². The van der Waals surface area contributed by atoms with Gasteiger partial charge < -0.3 is 15.4 Å². The summed E-state index contributed by atoms with van der Waals surface area (Å²) in [4.78, 5) is 12.2. The number of ether oxygens (including phenoxy) is 1. The molecule has 0 bridgehead atoms. The van der Waals surface area contributed by atoms with E-state index < -0.39 is 0 Å². The van der Waals surface area contributed by atoms with Gasteiger partial charge in [0.2, 0.25) is 5.91 Å². The molecule has 4 heteroatoms. The minimum absolute atomic E-state index is 0.148. The molecule has 1 aliphatic rings. The zero-order chi connectivity index (χ0) is 13.4. The Morgan fingerprint density at radius 1 is 1.61 bits per heavy atom. The van der Waals surface area contributed by atoms with Crippen LogP contribution in [0.5, 0.6) is 0 Å². The van der Waals surface area contributed by atoms with E-state index in [4.69, 9.17) is 4.74 Å². The fraction of sp³-hybridized carbons (Fsp3) is 0.786. The van der Waals surface area contributed by atoms with Crippen molar-refractivity contribution in [3.63, 3.8) is 0 Å². The average molecular weight is 254 g/mol. The van der Waals surface area contributed by atoms with Crippen molar-refractivity contribution >= 4 is 5.91 Å². The lowest BCUT2D eigenvalue weighted by Gasteiger charge is -2.36. The van der Waals surface area contributed by atoms with Crippen LogP contribution in [0.2, 0.25) is 0 Å². The first-order valence-corrected chi connectivity index (χ1v) is 6.80. The van der Waals surface area contributed by atoms with E-state index in [-0.39, 0.29) is 11.3 Å². The standard InChI is InChI=1S/C14H26N2O2/c1-4-18-10-6-9-16-13(17)14(2,3)12-7-5-8-15-11-12/h4,12,15H,1,5-11H2,2-3H3,(H,16,17). The summed E-state index contributed by atoms with van der Waals surface area (Å²) in [5.74, 6) is 0.575. The van der Waals surface area contributed by atoms with Crippen LogP contribution in [0.15, 0.2) is 12.8 Å². The molecule has 0 aliphatic carbocycles. The van der Waals surface area contributed by atoms with Gasteiger partial charge in [-0.3, -0.25) is 4.79 Å². The highest BCUT2D eigenvalue weighted by Crippen LogP contribution is 2.31. The molecular weight excluding hydrogens is 228 g/mol. The molecule has 1 rings (SSSR count). The van der Waals surface area contributed by atoms with Crippen molar-refractivity contribution in [3.8, 4) is 0 Å². The molecule has 18 heavy (non-hydrogen) atoms. The summed E-state index contributed by atoms with van der Waals surface area (Å²) in [7, 11) is 0. The van der Waals surface area contributed by atoms with E-state index >= 15 is 0 Å². The smallest absolute Gasteiger partial charge is 0.225 e. The second-order valence-electron chi connectivity index (χ2n) is 5.41. The van der Waals surface area contributed by atoms with Crippen LogP contribution in [0.1, 0.15) is 33.1 Å². The van der Waals surface area contributed by atoms with Crippen molar-refractivity contribution in [1.29, 1.82) is 0 Å². The van der Waals surface area contributed by atoms with E-state index in [1.807, 2.05) is 13.8 Å². The van der Waals surface area contributed by atoms with Gasteiger partial charge in [0.1, 0.15) is 0 Å². The molecule has 1 aliphatic heterocycles. The maximum atomic E-state index is 12.2. The molecule has 0 aromatic carbocycles. The highest BCUT2D eigenvalue weighted by atomic mass is 16.5. The van der Waals surface area contributed by atoms with E-state index in [1.165, 1.54) is 6.26 Å². The van der Waals surface area contributed by atoms with Gasteiger partial charge in [-0.25, -0.2) is 0 Å². The quantitative estimate of drug-likeness (QED) is 0.537. The van der Waals surface area contributed by atoms with Gasteiger partial charge in [0.15, 0.2) is 0 Å². The fourth-order valence-electron chi connectivity index (χ4n) is 2.32. The Morgan fingerprint density at radius 3 is 3.00 bits per heavy atom. The Kier molecular flexibility index (Phi) is 6.19. The van der Waals surface area contributed by atoms with Crippen molar-refractivity contribution in [2.45, 2.75) is 33.1 Å². The third kappa shape index (κ3) is 4.33. The van der Waals surface area contributed by atoms with Crippen LogP contribution in [-0.2, 0) is 9.53 Å². The zero-order valence-corrected chi connectivity index (χ0v) is 11.6. The van der Waals surface area contributed by atoms with Crippen LogP contribution < -0.4 is 10.6 Å². The van der Waals surface area contributed by atoms with Crippen molar-refractivity contribution in [2.24, 2.45) is 11.3 Å². The monoisotopic (exact) mass is 254 g/mol. The van der Waals surface area contributed by atoms with Gasteiger partial charge in [0.05, 0.1) is 12.9 Å². The summed E-state index contributed by atoms with van der Waals surface area (Å²) < 4.78 is 5.02. The molecule has 1 atom stereocenters. The van der Waals surface area contributed by atoms with Crippen molar-refractivity contribution in [1.82, 2.24) is 10.6 Å². The average Bonchev–Trinajstić information content (AvgIpc) is 2.39. The summed E-state index contributed by atoms with van der Waals surface area (Å²) in [5.41, 5.74) is -0.299. The normalized spacial score (nSPS) is 20.2. The van der Waals surface area contributed by atoms with Crippen LogP contribution in [0.25, 0.3) is 0 Å². The highest BCUT2D eigenvalue weighted by molar-refractivity contribution is 5.82. The van der Waals surface area contributed by atoms with Gasteiger partial charge in [-0.05, 0) is 38.3 Å². The van der Waals surface area contributed by atoms with E-state index in [0.717, 1.165) is 32.4 Å². The lowest BCUT2D eigenvalue weighted by atomic mass is 9.74. The van der Waals surface area contributed by atoms with Gasteiger partial charge in [-0.1, -0.05) is 20.4 Å². The molecule has 0 aromatic rings. The third-order valence-corrected chi connectivity index (χ3v) is 3.75. The summed E-state index contributed by atoms with van der Waals surface area (Å²) in [6.07, 6.45) is 4.54. The first kappa shape index (κ1) is 15.0. The molecular formula is C14H26N2O2. The molecule has 0 radical (unpaired) electrons. The lowest BCUT2D eigenvalue weighted by Crippen LogP contribution is -2.47. The molecule has 4 nitrogen and oxygen atoms in total. The van der Waals surface area contributed by atoms with Gasteiger partial charge in [0, 0.05) is 12.0 Å². The number of hydrogen-bond acceptors (Lipinski definition) is 3. The summed E-state index contributed by atoms with van der Waals surface area (Å²) in [6.45, 7) is 10.9. The van der Waals surface area contributed by atoms with Crippen molar-refractivity contribution in [2.75, 3.05) is 26.2 Å². The van der Waals surface area contributed by atoms with Gasteiger partial charge in [-0.2, -0.15) is 0 Å². The molecule has 1 unspecified atom stereocenters.